The predicted molar refractivity (Wildman–Crippen MR) is 103 cm³/mol. The summed E-state index contributed by atoms with van der Waals surface area (Å²) in [5, 5.41) is 4.18. The molecule has 2 aliphatic carbocycles. The molecule has 29 heavy (non-hydrogen) atoms. The first-order chi connectivity index (χ1) is 14.2. The summed E-state index contributed by atoms with van der Waals surface area (Å²) in [5.41, 5.74) is 3.31. The molecule has 1 saturated carbocycles. The summed E-state index contributed by atoms with van der Waals surface area (Å²) in [6, 6.07) is 4.09. The van der Waals surface area contributed by atoms with Gasteiger partial charge in [-0.25, -0.2) is 9.97 Å². The maximum Gasteiger partial charge on any atom is 0.280 e. The highest BCUT2D eigenvalue weighted by Gasteiger charge is 2.55. The number of hydrogen-bond acceptors (Lipinski definition) is 7. The van der Waals surface area contributed by atoms with E-state index in [1.807, 2.05) is 24.5 Å². The first-order valence-corrected chi connectivity index (χ1v) is 9.49. The minimum atomic E-state index is -0.178. The minimum Gasteiger partial charge on any atom is -0.337 e. The van der Waals surface area contributed by atoms with Crippen LogP contribution in [0.3, 0.4) is 0 Å². The molecule has 0 N–H and O–H groups in total. The van der Waals surface area contributed by atoms with Gasteiger partial charge in [0.2, 0.25) is 5.89 Å². The monoisotopic (exact) mass is 387 g/mol. The normalized spacial score (nSPS) is 22.7. The zero-order valence-electron chi connectivity index (χ0n) is 15.6. The highest BCUT2D eigenvalue weighted by molar-refractivity contribution is 5.70. The van der Waals surface area contributed by atoms with Crippen molar-refractivity contribution in [1.29, 1.82) is 0 Å². The third-order valence-corrected chi connectivity index (χ3v) is 5.92. The third kappa shape index (κ3) is 2.54. The summed E-state index contributed by atoms with van der Waals surface area (Å²) in [6.45, 7) is 0.195. The van der Waals surface area contributed by atoms with Gasteiger partial charge in [0, 0.05) is 25.4 Å². The van der Waals surface area contributed by atoms with E-state index < -0.39 is 0 Å². The van der Waals surface area contributed by atoms with E-state index in [1.165, 1.54) is 22.0 Å². The Balaban J connectivity index is 1.22. The highest BCUT2D eigenvalue weighted by Crippen LogP contribution is 2.62. The summed E-state index contributed by atoms with van der Waals surface area (Å²) in [4.78, 5) is 29.6. The van der Waals surface area contributed by atoms with Crippen LogP contribution in [0.25, 0.3) is 16.7 Å². The smallest absolute Gasteiger partial charge is 0.280 e. The number of hydrogen-bond donors (Lipinski definition) is 0. The third-order valence-electron chi connectivity index (χ3n) is 5.92. The quantitative estimate of drug-likeness (QED) is 0.525. The zero-order chi connectivity index (χ0) is 19.5. The van der Waals surface area contributed by atoms with Gasteiger partial charge in [0.1, 0.15) is 12.9 Å². The van der Waals surface area contributed by atoms with Crippen molar-refractivity contribution >= 4 is 16.7 Å². The van der Waals surface area contributed by atoms with E-state index in [0.717, 1.165) is 12.2 Å². The topological polar surface area (TPSA) is 105 Å². The van der Waals surface area contributed by atoms with E-state index in [4.69, 9.17) is 4.52 Å². The molecule has 4 heterocycles. The molecule has 0 spiro atoms. The summed E-state index contributed by atoms with van der Waals surface area (Å²) >= 11 is 0. The van der Waals surface area contributed by atoms with Crippen LogP contribution in [0.1, 0.15) is 29.6 Å². The number of imidazole rings is 1. The molecule has 3 unspecified atom stereocenters. The average molecular weight is 387 g/mol. The number of aryl methyl sites for hydroxylation is 1. The van der Waals surface area contributed by atoms with Crippen LogP contribution in [0.15, 0.2) is 52.6 Å². The van der Waals surface area contributed by atoms with Crippen molar-refractivity contribution in [2.24, 2.45) is 18.9 Å². The van der Waals surface area contributed by atoms with Crippen LogP contribution in [-0.2, 0) is 13.6 Å². The Morgan fingerprint density at radius 2 is 2.03 bits per heavy atom. The van der Waals surface area contributed by atoms with Crippen LogP contribution in [-0.4, -0.2) is 34.2 Å². The molecular weight excluding hydrogens is 370 g/mol. The number of fused-ring (bicyclic) bond motifs is 2. The summed E-state index contributed by atoms with van der Waals surface area (Å²) < 4.78 is 8.56. The maximum absolute atomic E-state index is 12.7. The Bertz CT molecular complexity index is 1320. The van der Waals surface area contributed by atoms with Crippen molar-refractivity contribution in [1.82, 2.24) is 34.2 Å². The van der Waals surface area contributed by atoms with E-state index in [-0.39, 0.29) is 12.1 Å². The molecule has 3 atom stereocenters. The Morgan fingerprint density at radius 3 is 2.83 bits per heavy atom. The standard InChI is InChI=1S/C20H17N7O2/c1-26-9-22-19-17(26)20(28)27(10-23-19)8-15-24-18(25-29-15)16-13-6-12(7-14(13)16)11-2-4-21-5-3-11/h2-6,9-10,13-14,16H,7-8H2,1H3. The number of rotatable bonds is 4. The van der Waals surface area contributed by atoms with E-state index in [0.29, 0.717) is 34.8 Å². The lowest BCUT2D eigenvalue weighted by molar-refractivity contribution is 0.364. The van der Waals surface area contributed by atoms with Crippen molar-refractivity contribution in [3.8, 4) is 0 Å². The lowest BCUT2D eigenvalue weighted by Crippen LogP contribution is -2.22. The Kier molecular flexibility index (Phi) is 3.35. The van der Waals surface area contributed by atoms with Gasteiger partial charge in [0.25, 0.3) is 5.56 Å². The largest absolute Gasteiger partial charge is 0.337 e. The molecule has 0 aliphatic heterocycles. The summed E-state index contributed by atoms with van der Waals surface area (Å²) in [6.07, 6.45) is 10.0. The van der Waals surface area contributed by atoms with E-state index in [1.54, 1.807) is 17.9 Å². The van der Waals surface area contributed by atoms with Crippen molar-refractivity contribution in [3.05, 3.63) is 70.9 Å². The second-order valence-corrected chi connectivity index (χ2v) is 7.65. The molecule has 9 heteroatoms. The van der Waals surface area contributed by atoms with Gasteiger partial charge in [-0.3, -0.25) is 14.3 Å². The van der Waals surface area contributed by atoms with E-state index in [9.17, 15) is 4.79 Å². The molecule has 0 radical (unpaired) electrons. The van der Waals surface area contributed by atoms with Gasteiger partial charge < -0.3 is 9.09 Å². The number of nitrogens with zero attached hydrogens (tertiary/aromatic N) is 7. The molecule has 2 aliphatic rings. The van der Waals surface area contributed by atoms with Crippen LogP contribution in [0.2, 0.25) is 0 Å². The molecule has 0 amide bonds. The fourth-order valence-corrected chi connectivity index (χ4v) is 4.39. The van der Waals surface area contributed by atoms with Gasteiger partial charge in [-0.15, -0.1) is 0 Å². The van der Waals surface area contributed by atoms with Gasteiger partial charge >= 0.3 is 0 Å². The van der Waals surface area contributed by atoms with Crippen molar-refractivity contribution in [2.45, 2.75) is 18.9 Å². The molecule has 4 aromatic rings. The van der Waals surface area contributed by atoms with E-state index >= 15 is 0 Å². The van der Waals surface area contributed by atoms with Crippen molar-refractivity contribution in [2.75, 3.05) is 0 Å². The fraction of sp³-hybridized carbons (Fsp3) is 0.300. The molecule has 0 bridgehead atoms. The molecule has 4 aromatic heterocycles. The van der Waals surface area contributed by atoms with Crippen LogP contribution < -0.4 is 5.56 Å². The first-order valence-electron chi connectivity index (χ1n) is 9.49. The molecule has 9 nitrogen and oxygen atoms in total. The van der Waals surface area contributed by atoms with Crippen LogP contribution >= 0.6 is 0 Å². The number of aromatic nitrogens is 7. The van der Waals surface area contributed by atoms with Crippen molar-refractivity contribution in [3.63, 3.8) is 0 Å². The van der Waals surface area contributed by atoms with Gasteiger partial charge in [0.05, 0.1) is 6.33 Å². The Hall–Kier alpha value is -3.62. The molecular formula is C20H17N7O2. The van der Waals surface area contributed by atoms with E-state index in [2.05, 4.69) is 31.2 Å². The molecule has 0 saturated heterocycles. The Morgan fingerprint density at radius 1 is 1.21 bits per heavy atom. The predicted octanol–water partition coefficient (Wildman–Crippen LogP) is 1.77. The van der Waals surface area contributed by atoms with Crippen LogP contribution in [0, 0.1) is 11.8 Å². The van der Waals surface area contributed by atoms with Gasteiger partial charge in [-0.1, -0.05) is 11.2 Å². The fourth-order valence-electron chi connectivity index (χ4n) is 4.39. The SMILES string of the molecule is Cn1cnc2ncn(Cc3nc(C4C5C=C(c6ccncc6)CC54)no3)c(=O)c21. The van der Waals surface area contributed by atoms with Gasteiger partial charge in [-0.05, 0) is 41.5 Å². The summed E-state index contributed by atoms with van der Waals surface area (Å²) in [5.74, 6) is 2.42. The lowest BCUT2D eigenvalue weighted by atomic mass is 10.0. The molecule has 6 rings (SSSR count). The summed E-state index contributed by atoms with van der Waals surface area (Å²) in [7, 11) is 1.77. The maximum atomic E-state index is 12.7. The van der Waals surface area contributed by atoms with Crippen LogP contribution in [0.4, 0.5) is 0 Å². The van der Waals surface area contributed by atoms with Crippen LogP contribution in [0.5, 0.6) is 0 Å². The minimum absolute atomic E-state index is 0.178. The zero-order valence-corrected chi connectivity index (χ0v) is 15.6. The number of pyridine rings is 1. The number of allylic oxidation sites excluding steroid dienone is 2. The van der Waals surface area contributed by atoms with Gasteiger partial charge in [0.15, 0.2) is 17.0 Å². The van der Waals surface area contributed by atoms with Gasteiger partial charge in [-0.2, -0.15) is 4.98 Å². The first kappa shape index (κ1) is 16.3. The average Bonchev–Trinajstić information content (AvgIpc) is 3.16. The Labute approximate surface area is 164 Å². The second kappa shape index (κ2) is 5.94. The highest BCUT2D eigenvalue weighted by atomic mass is 16.5. The lowest BCUT2D eigenvalue weighted by Gasteiger charge is -2.04. The molecule has 0 aromatic carbocycles. The van der Waals surface area contributed by atoms with Crippen molar-refractivity contribution < 1.29 is 4.52 Å². The molecule has 1 fully saturated rings. The molecule has 144 valence electrons. The second-order valence-electron chi connectivity index (χ2n) is 7.65.